The lowest BCUT2D eigenvalue weighted by Gasteiger charge is -2.47. The van der Waals surface area contributed by atoms with Gasteiger partial charge in [-0.05, 0) is 49.4 Å². The van der Waals surface area contributed by atoms with E-state index in [0.717, 1.165) is 55.4 Å². The van der Waals surface area contributed by atoms with Gasteiger partial charge in [-0.3, -0.25) is 14.6 Å². The maximum atomic E-state index is 6.39. The van der Waals surface area contributed by atoms with Gasteiger partial charge in [-0.25, -0.2) is 0 Å². The average molecular weight is 429 g/mol. The summed E-state index contributed by atoms with van der Waals surface area (Å²) in [5.41, 5.74) is 3.66. The molecule has 0 aliphatic carbocycles. The topological polar surface area (TPSA) is 43.2 Å². The number of rotatable bonds is 4. The molecule has 5 nitrogen and oxygen atoms in total. The van der Waals surface area contributed by atoms with Crippen molar-refractivity contribution in [2.45, 2.75) is 50.9 Å². The summed E-state index contributed by atoms with van der Waals surface area (Å²) in [4.78, 5) is 8.09. The van der Waals surface area contributed by atoms with Crippen LogP contribution in [0.25, 0.3) is 0 Å². The molecule has 0 amide bonds. The fraction of sp³-hybridized carbons (Fsp3) is 0.455. The number of hydrogen-bond donors (Lipinski definition) is 0. The van der Waals surface area contributed by atoms with E-state index in [0.29, 0.717) is 6.04 Å². The average Bonchev–Trinajstić information content (AvgIpc) is 3.31. The van der Waals surface area contributed by atoms with Crippen molar-refractivity contribution < 1.29 is 4.74 Å². The molecule has 2 aliphatic heterocycles. The second kappa shape index (κ2) is 7.84. The van der Waals surface area contributed by atoms with Crippen molar-refractivity contribution in [2.24, 2.45) is 0 Å². The zero-order valence-corrected chi connectivity index (χ0v) is 18.1. The van der Waals surface area contributed by atoms with Crippen LogP contribution < -0.4 is 0 Å². The summed E-state index contributed by atoms with van der Waals surface area (Å²) in [7, 11) is 0. The van der Waals surface area contributed by atoms with Crippen LogP contribution in [0.2, 0.25) is 4.34 Å². The first-order valence-electron chi connectivity index (χ1n) is 10.2. The molecule has 1 saturated heterocycles. The Bertz CT molecular complexity index is 988. The van der Waals surface area contributed by atoms with Gasteiger partial charge in [-0.15, -0.1) is 11.3 Å². The number of nitrogens with zero attached hydrogens (tertiary/aromatic N) is 4. The Morgan fingerprint density at radius 1 is 1.31 bits per heavy atom. The molecule has 2 atom stereocenters. The predicted octanol–water partition coefficient (Wildman–Crippen LogP) is 4.49. The fourth-order valence-corrected chi connectivity index (χ4v) is 6.18. The van der Waals surface area contributed by atoms with E-state index in [1.54, 1.807) is 17.5 Å². The molecule has 5 rings (SSSR count). The first-order valence-corrected chi connectivity index (χ1v) is 11.4. The zero-order chi connectivity index (χ0) is 19.8. The lowest BCUT2D eigenvalue weighted by molar-refractivity contribution is -0.110. The van der Waals surface area contributed by atoms with Gasteiger partial charge in [0.2, 0.25) is 0 Å². The van der Waals surface area contributed by atoms with E-state index in [4.69, 9.17) is 16.3 Å². The van der Waals surface area contributed by atoms with Crippen molar-refractivity contribution in [3.8, 4) is 0 Å². The summed E-state index contributed by atoms with van der Waals surface area (Å²) < 4.78 is 9.27. The molecule has 3 aromatic heterocycles. The molecule has 7 heteroatoms. The molecule has 0 N–H and O–H groups in total. The minimum absolute atomic E-state index is 0.147. The van der Waals surface area contributed by atoms with Crippen LogP contribution in [0.15, 0.2) is 43.0 Å². The van der Waals surface area contributed by atoms with Gasteiger partial charge in [-0.1, -0.05) is 17.7 Å². The third kappa shape index (κ3) is 3.87. The van der Waals surface area contributed by atoms with E-state index >= 15 is 0 Å². The van der Waals surface area contributed by atoms with Gasteiger partial charge in [0.1, 0.15) is 5.60 Å². The van der Waals surface area contributed by atoms with E-state index in [9.17, 15) is 0 Å². The van der Waals surface area contributed by atoms with Crippen molar-refractivity contribution in [1.29, 1.82) is 0 Å². The van der Waals surface area contributed by atoms with Crippen LogP contribution in [0.5, 0.6) is 0 Å². The standard InChI is InChI=1S/C22H25ClN4OS/c1-16-10-22(21-19(4-8-28-22)9-20(23)29-21)5-7-26(16)13-18-12-25-27(15-18)14-17-3-2-6-24-11-17/h2-3,6,9,11-12,15-16H,4-5,7-8,10,13-14H2,1H3/t16-,22+/m0/s1. The van der Waals surface area contributed by atoms with Crippen LogP contribution in [0.4, 0.5) is 0 Å². The van der Waals surface area contributed by atoms with E-state index in [-0.39, 0.29) is 5.60 Å². The van der Waals surface area contributed by atoms with Gasteiger partial charge in [0.25, 0.3) is 0 Å². The molecule has 1 fully saturated rings. The molecule has 5 heterocycles. The molecule has 29 heavy (non-hydrogen) atoms. The number of halogens is 1. The molecule has 2 aliphatic rings. The first-order chi connectivity index (χ1) is 14.1. The number of ether oxygens (including phenoxy) is 1. The van der Waals surface area contributed by atoms with Crippen molar-refractivity contribution in [1.82, 2.24) is 19.7 Å². The molecule has 0 aromatic carbocycles. The number of pyridine rings is 1. The van der Waals surface area contributed by atoms with Crippen LogP contribution in [0, 0.1) is 0 Å². The van der Waals surface area contributed by atoms with Crippen LogP contribution in [-0.4, -0.2) is 38.9 Å². The summed E-state index contributed by atoms with van der Waals surface area (Å²) in [6.07, 6.45) is 10.8. The Balaban J connectivity index is 1.26. The highest BCUT2D eigenvalue weighted by Gasteiger charge is 2.44. The molecule has 0 saturated carbocycles. The van der Waals surface area contributed by atoms with Crippen LogP contribution in [0.1, 0.15) is 41.3 Å². The molecule has 152 valence electrons. The minimum atomic E-state index is -0.147. The lowest BCUT2D eigenvalue weighted by atomic mass is 9.82. The van der Waals surface area contributed by atoms with Gasteiger partial charge in [-0.2, -0.15) is 5.10 Å². The quantitative estimate of drug-likeness (QED) is 0.613. The third-order valence-electron chi connectivity index (χ3n) is 6.13. The Morgan fingerprint density at radius 2 is 2.24 bits per heavy atom. The number of fused-ring (bicyclic) bond motifs is 2. The molecule has 0 radical (unpaired) electrons. The summed E-state index contributed by atoms with van der Waals surface area (Å²) in [5, 5.41) is 4.54. The zero-order valence-electron chi connectivity index (χ0n) is 16.6. The Kier molecular flexibility index (Phi) is 5.20. The molecule has 1 spiro atoms. The van der Waals surface area contributed by atoms with Gasteiger partial charge in [0.15, 0.2) is 0 Å². The smallest absolute Gasteiger partial charge is 0.105 e. The van der Waals surface area contributed by atoms with E-state index < -0.39 is 0 Å². The van der Waals surface area contributed by atoms with Gasteiger partial charge in [0, 0.05) is 48.2 Å². The summed E-state index contributed by atoms with van der Waals surface area (Å²) in [5.74, 6) is 0. The SMILES string of the molecule is C[C@H]1C[C@@]2(CCN1Cc1cnn(Cc3cccnc3)c1)OCCc1cc(Cl)sc12. The molecule has 3 aromatic rings. The molecular formula is C22H25ClN4OS. The van der Waals surface area contributed by atoms with Crippen LogP contribution >= 0.6 is 22.9 Å². The lowest BCUT2D eigenvalue weighted by Crippen LogP contribution is -2.49. The molecule has 0 bridgehead atoms. The normalized spacial score (nSPS) is 24.7. The second-order valence-electron chi connectivity index (χ2n) is 8.18. The Hall–Kier alpha value is -1.73. The number of hydrogen-bond acceptors (Lipinski definition) is 5. The maximum Gasteiger partial charge on any atom is 0.105 e. The largest absolute Gasteiger partial charge is 0.369 e. The first kappa shape index (κ1) is 19.2. The highest BCUT2D eigenvalue weighted by Crippen LogP contribution is 2.48. The molecule has 0 unspecified atom stereocenters. The van der Waals surface area contributed by atoms with E-state index in [2.05, 4.69) is 40.2 Å². The van der Waals surface area contributed by atoms with E-state index in [1.165, 1.54) is 16.0 Å². The van der Waals surface area contributed by atoms with Crippen LogP contribution in [0.3, 0.4) is 0 Å². The highest BCUT2D eigenvalue weighted by atomic mass is 35.5. The van der Waals surface area contributed by atoms with Crippen molar-refractivity contribution in [3.05, 3.63) is 68.9 Å². The van der Waals surface area contributed by atoms with Crippen molar-refractivity contribution in [2.75, 3.05) is 13.2 Å². The molecular weight excluding hydrogens is 404 g/mol. The highest BCUT2D eigenvalue weighted by molar-refractivity contribution is 7.16. The number of likely N-dealkylation sites (tertiary alicyclic amines) is 1. The summed E-state index contributed by atoms with van der Waals surface area (Å²) in [6, 6.07) is 6.62. The Morgan fingerprint density at radius 3 is 3.07 bits per heavy atom. The number of aromatic nitrogens is 3. The monoisotopic (exact) mass is 428 g/mol. The second-order valence-corrected chi connectivity index (χ2v) is 9.86. The Labute approximate surface area is 180 Å². The fourth-order valence-electron chi connectivity index (χ4n) is 4.70. The van der Waals surface area contributed by atoms with Gasteiger partial charge in [0.05, 0.1) is 23.7 Å². The van der Waals surface area contributed by atoms with Crippen molar-refractivity contribution >= 4 is 22.9 Å². The summed E-state index contributed by atoms with van der Waals surface area (Å²) >= 11 is 8.04. The van der Waals surface area contributed by atoms with E-state index in [1.807, 2.05) is 23.1 Å². The third-order valence-corrected chi connectivity index (χ3v) is 7.63. The van der Waals surface area contributed by atoms with Crippen molar-refractivity contribution in [3.63, 3.8) is 0 Å². The summed E-state index contributed by atoms with van der Waals surface area (Å²) in [6.45, 7) is 5.80. The van der Waals surface area contributed by atoms with Gasteiger partial charge < -0.3 is 4.74 Å². The minimum Gasteiger partial charge on any atom is -0.369 e. The maximum absolute atomic E-state index is 6.39. The number of piperidine rings is 1. The predicted molar refractivity (Wildman–Crippen MR) is 115 cm³/mol. The van der Waals surface area contributed by atoms with Crippen LogP contribution in [-0.2, 0) is 29.8 Å². The number of thiophene rings is 1. The van der Waals surface area contributed by atoms with Gasteiger partial charge >= 0.3 is 0 Å².